The molecule has 27 heavy (non-hydrogen) atoms. The number of hydrogen-bond acceptors (Lipinski definition) is 3. The summed E-state index contributed by atoms with van der Waals surface area (Å²) < 4.78 is 0.860. The highest BCUT2D eigenvalue weighted by molar-refractivity contribution is 9.10. The van der Waals surface area contributed by atoms with Crippen LogP contribution in [-0.2, 0) is 9.59 Å². The predicted octanol–water partition coefficient (Wildman–Crippen LogP) is 4.63. The molecule has 0 spiro atoms. The Labute approximate surface area is 168 Å². The first-order valence-electron chi connectivity index (χ1n) is 9.09. The Balaban J connectivity index is 1.66. The lowest BCUT2D eigenvalue weighted by atomic mass is 10.1. The molecule has 2 aromatic rings. The van der Waals surface area contributed by atoms with E-state index < -0.39 is 6.04 Å². The van der Waals surface area contributed by atoms with Gasteiger partial charge in [0.25, 0.3) is 0 Å². The number of hydrogen-bond donors (Lipinski definition) is 2. The summed E-state index contributed by atoms with van der Waals surface area (Å²) in [4.78, 5) is 26.3. The molecule has 1 aliphatic heterocycles. The fraction of sp³-hybridized carbons (Fsp3) is 0.333. The van der Waals surface area contributed by atoms with Crippen molar-refractivity contribution >= 4 is 44.8 Å². The van der Waals surface area contributed by atoms with E-state index in [9.17, 15) is 9.59 Å². The lowest BCUT2D eigenvalue weighted by Crippen LogP contribution is -2.32. The van der Waals surface area contributed by atoms with Crippen LogP contribution in [0.5, 0.6) is 0 Å². The first kappa shape index (κ1) is 19.4. The third kappa shape index (κ3) is 4.50. The van der Waals surface area contributed by atoms with Gasteiger partial charge in [0, 0.05) is 28.8 Å². The summed E-state index contributed by atoms with van der Waals surface area (Å²) in [5, 5.41) is 6.16. The topological polar surface area (TPSA) is 61.4 Å². The summed E-state index contributed by atoms with van der Waals surface area (Å²) in [6.07, 6.45) is 1.52. The second kappa shape index (κ2) is 8.13. The van der Waals surface area contributed by atoms with E-state index in [-0.39, 0.29) is 11.8 Å². The molecule has 1 heterocycles. The van der Waals surface area contributed by atoms with Gasteiger partial charge in [0.15, 0.2) is 0 Å². The van der Waals surface area contributed by atoms with E-state index in [1.165, 1.54) is 0 Å². The summed E-state index contributed by atoms with van der Waals surface area (Å²) in [5.41, 5.74) is 4.69. The minimum Gasteiger partial charge on any atom is -0.374 e. The van der Waals surface area contributed by atoms with Crippen LogP contribution in [-0.4, -0.2) is 24.4 Å². The van der Waals surface area contributed by atoms with Gasteiger partial charge in [-0.1, -0.05) is 6.07 Å². The Morgan fingerprint density at radius 3 is 2.59 bits per heavy atom. The first-order chi connectivity index (χ1) is 12.8. The van der Waals surface area contributed by atoms with Crippen LogP contribution in [0.1, 0.15) is 30.9 Å². The van der Waals surface area contributed by atoms with Gasteiger partial charge in [-0.2, -0.15) is 0 Å². The van der Waals surface area contributed by atoms with Gasteiger partial charge in [-0.05, 0) is 84.6 Å². The number of halogens is 1. The van der Waals surface area contributed by atoms with Crippen LogP contribution in [0.2, 0.25) is 0 Å². The maximum absolute atomic E-state index is 12.5. The molecule has 1 aliphatic rings. The lowest BCUT2D eigenvalue weighted by Gasteiger charge is -2.21. The first-order valence-corrected chi connectivity index (χ1v) is 9.89. The van der Waals surface area contributed by atoms with Crippen molar-refractivity contribution in [1.29, 1.82) is 0 Å². The molecular formula is C21H24BrN3O2. The monoisotopic (exact) mass is 429 g/mol. The van der Waals surface area contributed by atoms with E-state index in [0.29, 0.717) is 6.42 Å². The average molecular weight is 430 g/mol. The van der Waals surface area contributed by atoms with Gasteiger partial charge < -0.3 is 15.5 Å². The Morgan fingerprint density at radius 2 is 1.96 bits per heavy atom. The normalized spacial score (nSPS) is 15.0. The highest BCUT2D eigenvalue weighted by atomic mass is 79.9. The summed E-state index contributed by atoms with van der Waals surface area (Å²) in [7, 11) is 0. The Bertz CT molecular complexity index is 882. The van der Waals surface area contributed by atoms with Crippen molar-refractivity contribution in [2.24, 2.45) is 0 Å². The van der Waals surface area contributed by atoms with Crippen molar-refractivity contribution in [1.82, 2.24) is 0 Å². The van der Waals surface area contributed by atoms with Crippen molar-refractivity contribution in [2.75, 3.05) is 22.1 Å². The van der Waals surface area contributed by atoms with Gasteiger partial charge in [0.1, 0.15) is 6.04 Å². The number of carbonyl (C=O) groups excluding carboxylic acids is 2. The van der Waals surface area contributed by atoms with Crippen LogP contribution in [0.3, 0.4) is 0 Å². The molecule has 0 radical (unpaired) electrons. The average Bonchev–Trinajstić information content (AvgIpc) is 3.03. The zero-order valence-electron chi connectivity index (χ0n) is 15.8. The number of benzene rings is 2. The van der Waals surface area contributed by atoms with Gasteiger partial charge >= 0.3 is 0 Å². The van der Waals surface area contributed by atoms with Crippen molar-refractivity contribution in [2.45, 2.75) is 39.7 Å². The summed E-state index contributed by atoms with van der Waals surface area (Å²) in [5.74, 6) is 0.0613. The molecule has 1 saturated heterocycles. The molecule has 5 nitrogen and oxygen atoms in total. The van der Waals surface area contributed by atoms with E-state index in [4.69, 9.17) is 0 Å². The quantitative estimate of drug-likeness (QED) is 0.727. The molecule has 2 N–H and O–H groups in total. The number of carbonyl (C=O) groups is 2. The van der Waals surface area contributed by atoms with Crippen molar-refractivity contribution in [3.05, 3.63) is 52.0 Å². The van der Waals surface area contributed by atoms with Crippen LogP contribution in [0.15, 0.2) is 40.9 Å². The highest BCUT2D eigenvalue weighted by Crippen LogP contribution is 2.28. The number of nitrogens with one attached hydrogen (secondary N) is 2. The Morgan fingerprint density at radius 1 is 1.19 bits per heavy atom. The minimum atomic E-state index is -0.406. The molecule has 3 rings (SSSR count). The molecular weight excluding hydrogens is 406 g/mol. The zero-order chi connectivity index (χ0) is 19.6. The molecule has 6 heteroatoms. The zero-order valence-corrected chi connectivity index (χ0v) is 17.4. The van der Waals surface area contributed by atoms with E-state index in [2.05, 4.69) is 26.6 Å². The van der Waals surface area contributed by atoms with Crippen LogP contribution < -0.4 is 15.5 Å². The summed E-state index contributed by atoms with van der Waals surface area (Å²) in [6, 6.07) is 11.2. The van der Waals surface area contributed by atoms with E-state index in [1.54, 1.807) is 0 Å². The van der Waals surface area contributed by atoms with Crippen LogP contribution in [0.25, 0.3) is 0 Å². The Kier molecular flexibility index (Phi) is 5.85. The standard InChI is InChI=1S/C21H24BrN3O2/c1-13-6-8-18(17(22)11-13)24-21(27)15(3)23-16-7-9-19(14(2)12-16)25-10-4-5-20(25)26/h6-9,11-12,15,23H,4-5,10H2,1-3H3,(H,24,27). The molecule has 2 aromatic carbocycles. The molecule has 0 saturated carbocycles. The third-order valence-electron chi connectivity index (χ3n) is 4.72. The molecule has 0 aromatic heterocycles. The number of rotatable bonds is 5. The molecule has 1 unspecified atom stereocenters. The van der Waals surface area contributed by atoms with E-state index in [1.807, 2.05) is 62.1 Å². The molecule has 1 fully saturated rings. The largest absolute Gasteiger partial charge is 0.374 e. The lowest BCUT2D eigenvalue weighted by molar-refractivity contribution is -0.117. The highest BCUT2D eigenvalue weighted by Gasteiger charge is 2.23. The smallest absolute Gasteiger partial charge is 0.246 e. The SMILES string of the molecule is Cc1ccc(NC(=O)C(C)Nc2ccc(N3CCCC3=O)c(C)c2)c(Br)c1. The van der Waals surface area contributed by atoms with Gasteiger partial charge in [0.2, 0.25) is 11.8 Å². The predicted molar refractivity (Wildman–Crippen MR) is 113 cm³/mol. The van der Waals surface area contributed by atoms with Gasteiger partial charge in [-0.15, -0.1) is 0 Å². The molecule has 2 amide bonds. The second-order valence-electron chi connectivity index (χ2n) is 6.99. The summed E-state index contributed by atoms with van der Waals surface area (Å²) in [6.45, 7) is 6.59. The maximum Gasteiger partial charge on any atom is 0.246 e. The van der Waals surface area contributed by atoms with E-state index >= 15 is 0 Å². The molecule has 0 aliphatic carbocycles. The van der Waals surface area contributed by atoms with E-state index in [0.717, 1.165) is 45.6 Å². The van der Waals surface area contributed by atoms with Gasteiger partial charge in [-0.3, -0.25) is 9.59 Å². The van der Waals surface area contributed by atoms with Gasteiger partial charge in [-0.25, -0.2) is 0 Å². The maximum atomic E-state index is 12.5. The summed E-state index contributed by atoms with van der Waals surface area (Å²) >= 11 is 3.48. The van der Waals surface area contributed by atoms with Crippen LogP contribution >= 0.6 is 15.9 Å². The number of amides is 2. The minimum absolute atomic E-state index is 0.115. The van der Waals surface area contributed by atoms with Crippen molar-refractivity contribution < 1.29 is 9.59 Å². The fourth-order valence-electron chi connectivity index (χ4n) is 3.23. The van der Waals surface area contributed by atoms with Crippen molar-refractivity contribution in [3.63, 3.8) is 0 Å². The molecule has 142 valence electrons. The third-order valence-corrected chi connectivity index (χ3v) is 5.38. The molecule has 1 atom stereocenters. The molecule has 0 bridgehead atoms. The van der Waals surface area contributed by atoms with Crippen molar-refractivity contribution in [3.8, 4) is 0 Å². The van der Waals surface area contributed by atoms with Crippen LogP contribution in [0.4, 0.5) is 17.1 Å². The number of anilines is 3. The second-order valence-corrected chi connectivity index (χ2v) is 7.84. The number of nitrogens with zero attached hydrogens (tertiary/aromatic N) is 1. The fourth-order valence-corrected chi connectivity index (χ4v) is 3.82. The van der Waals surface area contributed by atoms with Crippen LogP contribution in [0, 0.1) is 13.8 Å². The Hall–Kier alpha value is -2.34. The number of aryl methyl sites for hydroxylation is 2. The van der Waals surface area contributed by atoms with Gasteiger partial charge in [0.05, 0.1) is 5.69 Å².